The quantitative estimate of drug-likeness (QED) is 0.124. The minimum absolute atomic E-state index is 0.00401. The van der Waals surface area contributed by atoms with E-state index in [4.69, 9.17) is 27.9 Å². The molecule has 3 N–H and O–H groups in total. The number of piperidine rings is 2. The van der Waals surface area contributed by atoms with Crippen molar-refractivity contribution in [2.24, 2.45) is 5.41 Å². The van der Waals surface area contributed by atoms with Crippen molar-refractivity contribution in [2.75, 3.05) is 56.1 Å². The number of imide groups is 1. The maximum absolute atomic E-state index is 13.1. The Balaban J connectivity index is 0.647. The number of fused-ring (bicyclic) bond motifs is 1. The molecule has 15 nitrogen and oxygen atoms in total. The molecule has 3 saturated heterocycles. The Morgan fingerprint density at radius 2 is 1.56 bits per heavy atom. The number of aromatic nitrogens is 4. The van der Waals surface area contributed by atoms with E-state index in [1.54, 1.807) is 43.0 Å². The van der Waals surface area contributed by atoms with Crippen molar-refractivity contribution >= 4 is 75.2 Å². The molecule has 3 aliphatic heterocycles. The van der Waals surface area contributed by atoms with E-state index in [0.29, 0.717) is 57.0 Å². The number of amides is 4. The van der Waals surface area contributed by atoms with Crippen molar-refractivity contribution in [3.05, 3.63) is 101 Å². The zero-order chi connectivity index (χ0) is 44.0. The van der Waals surface area contributed by atoms with Crippen LogP contribution in [0.25, 0.3) is 11.2 Å². The van der Waals surface area contributed by atoms with Gasteiger partial charge in [0.25, 0.3) is 11.8 Å². The molecule has 5 aliphatic rings. The van der Waals surface area contributed by atoms with Crippen LogP contribution in [-0.2, 0) is 14.4 Å². The first-order valence-corrected chi connectivity index (χ1v) is 23.0. The highest BCUT2D eigenvalue weighted by Gasteiger charge is 2.48. The SMILES string of the molecule is O=C1CC[C@@H](c2ccc(OCC(=O)N3CCC4(CC3)CC(N3CCN(c5ccc(Nc6ncnc7c6ncn7C6CC(NC(=O)c7c(Cl)cccc7Cl)C6)cc5)CC3)C4)cc2)C(=O)N1. The molecule has 2 aliphatic carbocycles. The minimum atomic E-state index is -0.343. The third kappa shape index (κ3) is 8.60. The first-order chi connectivity index (χ1) is 31.1. The summed E-state index contributed by atoms with van der Waals surface area (Å²) in [5.74, 6) is 0.121. The number of carbonyl (C=O) groups is 4. The summed E-state index contributed by atoms with van der Waals surface area (Å²) in [5.41, 5.74) is 5.01. The Kier molecular flexibility index (Phi) is 11.6. The number of nitrogens with zero attached hydrogens (tertiary/aromatic N) is 7. The van der Waals surface area contributed by atoms with E-state index in [-0.39, 0.29) is 48.2 Å². The molecule has 5 aromatic rings. The Hall–Kier alpha value is -5.77. The molecule has 10 rings (SSSR count). The topological polar surface area (TPSA) is 167 Å². The standard InChI is InChI=1S/C47H50Cl2N10O5/c48-37-2-1-3-38(49)41(37)46(63)54-31-22-33(23-31)59-28-52-42-43(50-27-51-44(42)59)53-30-6-8-32(9-7-30)56-18-20-57(21-19-56)34-24-47(25-34)14-16-58(17-15-47)40(61)26-64-35-10-4-29(5-11-35)36-12-13-39(60)55-45(36)62/h1-11,27-28,31,33-34,36H,12-26H2,(H,54,63)(H,50,51,53)(H,55,60,62)/t31?,33?,36-/m0/s1. The van der Waals surface area contributed by atoms with Gasteiger partial charge in [-0.2, -0.15) is 0 Å². The van der Waals surface area contributed by atoms with Gasteiger partial charge in [-0.15, -0.1) is 0 Å². The van der Waals surface area contributed by atoms with Gasteiger partial charge in [-0.05, 0) is 104 Å². The van der Waals surface area contributed by atoms with Crippen molar-refractivity contribution in [3.8, 4) is 5.75 Å². The van der Waals surface area contributed by atoms with Gasteiger partial charge >= 0.3 is 0 Å². The number of hydrogen-bond donors (Lipinski definition) is 3. The summed E-state index contributed by atoms with van der Waals surface area (Å²) >= 11 is 12.5. The Labute approximate surface area is 380 Å². The molecule has 17 heteroatoms. The monoisotopic (exact) mass is 904 g/mol. The van der Waals surface area contributed by atoms with E-state index >= 15 is 0 Å². The van der Waals surface area contributed by atoms with Crippen LogP contribution in [0.2, 0.25) is 10.0 Å². The highest BCUT2D eigenvalue weighted by atomic mass is 35.5. The van der Waals surface area contributed by atoms with Gasteiger partial charge in [-0.1, -0.05) is 41.4 Å². The van der Waals surface area contributed by atoms with Crippen LogP contribution in [0, 0.1) is 5.41 Å². The lowest BCUT2D eigenvalue weighted by atomic mass is 9.60. The number of carbonyl (C=O) groups excluding carboxylic acids is 4. The normalized spacial score (nSPS) is 22.4. The van der Waals surface area contributed by atoms with Gasteiger partial charge in [-0.3, -0.25) is 29.4 Å². The van der Waals surface area contributed by atoms with E-state index in [2.05, 4.69) is 69.5 Å². The molecule has 4 amide bonds. The van der Waals surface area contributed by atoms with E-state index in [0.717, 1.165) is 81.8 Å². The number of imidazole rings is 1. The second-order valence-electron chi connectivity index (χ2n) is 17.9. The van der Waals surface area contributed by atoms with Gasteiger partial charge in [0.1, 0.15) is 12.1 Å². The molecule has 5 heterocycles. The van der Waals surface area contributed by atoms with Crippen LogP contribution in [0.3, 0.4) is 0 Å². The zero-order valence-corrected chi connectivity index (χ0v) is 36.9. The third-order valence-electron chi connectivity index (χ3n) is 14.1. The number of anilines is 3. The molecule has 5 fully saturated rings. The second kappa shape index (κ2) is 17.7. The fourth-order valence-electron chi connectivity index (χ4n) is 10.2. The number of hydrogen-bond acceptors (Lipinski definition) is 11. The summed E-state index contributed by atoms with van der Waals surface area (Å²) in [6, 6.07) is 21.5. The second-order valence-corrected chi connectivity index (χ2v) is 18.8. The Bertz CT molecular complexity index is 2540. The van der Waals surface area contributed by atoms with Gasteiger partial charge in [-0.25, -0.2) is 15.0 Å². The molecular formula is C47H50Cl2N10O5. The van der Waals surface area contributed by atoms with Crippen molar-refractivity contribution in [1.82, 2.24) is 40.0 Å². The van der Waals surface area contributed by atoms with Crippen molar-refractivity contribution in [2.45, 2.75) is 75.4 Å². The maximum Gasteiger partial charge on any atom is 0.260 e. The van der Waals surface area contributed by atoms with Gasteiger partial charge in [0.2, 0.25) is 11.8 Å². The first-order valence-electron chi connectivity index (χ1n) is 22.2. The molecule has 1 spiro atoms. The Morgan fingerprint density at radius 3 is 2.27 bits per heavy atom. The number of nitrogens with one attached hydrogen (secondary N) is 3. The average molecular weight is 906 g/mol. The van der Waals surface area contributed by atoms with Crippen molar-refractivity contribution in [1.29, 1.82) is 0 Å². The molecule has 3 aromatic carbocycles. The van der Waals surface area contributed by atoms with Crippen LogP contribution >= 0.6 is 23.2 Å². The zero-order valence-electron chi connectivity index (χ0n) is 35.3. The molecule has 332 valence electrons. The van der Waals surface area contributed by atoms with Crippen LogP contribution in [0.15, 0.2) is 79.4 Å². The lowest BCUT2D eigenvalue weighted by Crippen LogP contribution is -2.59. The third-order valence-corrected chi connectivity index (χ3v) is 14.7. The van der Waals surface area contributed by atoms with Gasteiger partial charge in [0.15, 0.2) is 23.6 Å². The average Bonchev–Trinajstić information content (AvgIpc) is 3.71. The molecule has 0 bridgehead atoms. The summed E-state index contributed by atoms with van der Waals surface area (Å²) < 4.78 is 7.89. The largest absolute Gasteiger partial charge is 0.484 e. The van der Waals surface area contributed by atoms with E-state index in [1.807, 2.05) is 17.0 Å². The van der Waals surface area contributed by atoms with Crippen molar-refractivity contribution < 1.29 is 23.9 Å². The summed E-state index contributed by atoms with van der Waals surface area (Å²) in [6.07, 6.45) is 10.1. The van der Waals surface area contributed by atoms with E-state index < -0.39 is 0 Å². The summed E-state index contributed by atoms with van der Waals surface area (Å²) in [4.78, 5) is 70.4. The first kappa shape index (κ1) is 42.2. The summed E-state index contributed by atoms with van der Waals surface area (Å²) in [7, 11) is 0. The Morgan fingerprint density at radius 1 is 0.844 bits per heavy atom. The lowest BCUT2D eigenvalue weighted by Gasteiger charge is -2.56. The summed E-state index contributed by atoms with van der Waals surface area (Å²) in [5, 5.41) is 9.56. The van der Waals surface area contributed by atoms with Crippen LogP contribution in [-0.4, -0.2) is 111 Å². The predicted molar refractivity (Wildman–Crippen MR) is 243 cm³/mol. The van der Waals surface area contributed by atoms with Crippen LogP contribution in [0.5, 0.6) is 5.75 Å². The van der Waals surface area contributed by atoms with Gasteiger partial charge in [0, 0.05) is 75.2 Å². The molecule has 64 heavy (non-hydrogen) atoms. The van der Waals surface area contributed by atoms with Crippen LogP contribution in [0.4, 0.5) is 17.2 Å². The molecule has 2 aromatic heterocycles. The highest BCUT2D eigenvalue weighted by molar-refractivity contribution is 6.39. The molecule has 1 atom stereocenters. The van der Waals surface area contributed by atoms with Crippen molar-refractivity contribution in [3.63, 3.8) is 0 Å². The lowest BCUT2D eigenvalue weighted by molar-refractivity contribution is -0.138. The number of likely N-dealkylation sites (tertiary alicyclic amines) is 1. The van der Waals surface area contributed by atoms with Gasteiger partial charge in [0.05, 0.1) is 27.9 Å². The number of rotatable bonds is 11. The molecule has 0 radical (unpaired) electrons. The van der Waals surface area contributed by atoms with Gasteiger partial charge < -0.3 is 29.7 Å². The highest BCUT2D eigenvalue weighted by Crippen LogP contribution is 2.51. The minimum Gasteiger partial charge on any atom is -0.484 e. The molecular weight excluding hydrogens is 855 g/mol. The van der Waals surface area contributed by atoms with E-state index in [9.17, 15) is 19.2 Å². The smallest absolute Gasteiger partial charge is 0.260 e. The summed E-state index contributed by atoms with van der Waals surface area (Å²) in [6.45, 7) is 5.53. The van der Waals surface area contributed by atoms with E-state index in [1.165, 1.54) is 18.5 Å². The van der Waals surface area contributed by atoms with Crippen LogP contribution in [0.1, 0.15) is 79.2 Å². The number of ether oxygens (including phenoxy) is 1. The van der Waals surface area contributed by atoms with Crippen LogP contribution < -0.4 is 25.6 Å². The molecule has 0 unspecified atom stereocenters. The fourth-order valence-corrected chi connectivity index (χ4v) is 10.8. The number of piperazine rings is 1. The number of benzene rings is 3. The number of halogens is 2. The molecule has 2 saturated carbocycles. The fraction of sp³-hybridized carbons (Fsp3) is 0.426. The maximum atomic E-state index is 13.1. The predicted octanol–water partition coefficient (Wildman–Crippen LogP) is 6.50.